The Labute approximate surface area is 119 Å². The quantitative estimate of drug-likeness (QED) is 0.460. The molecule has 0 bridgehead atoms. The third kappa shape index (κ3) is 7.96. The lowest BCUT2D eigenvalue weighted by Crippen LogP contribution is -2.24. The van der Waals surface area contributed by atoms with Crippen LogP contribution in [0.15, 0.2) is 24.3 Å². The summed E-state index contributed by atoms with van der Waals surface area (Å²) in [6, 6.07) is 7.00. The second-order valence-electron chi connectivity index (χ2n) is 4.21. The number of hydrogen-bond donors (Lipinski definition) is 2. The summed E-state index contributed by atoms with van der Waals surface area (Å²) in [5.74, 6) is 0.668. The van der Waals surface area contributed by atoms with E-state index in [9.17, 15) is 5.11 Å². The molecule has 0 saturated carbocycles. The number of benzene rings is 1. The fourth-order valence-electron chi connectivity index (χ4n) is 1.39. The number of anilines is 1. The van der Waals surface area contributed by atoms with E-state index < -0.39 is 6.10 Å². The predicted molar refractivity (Wildman–Crippen MR) is 75.9 cm³/mol. The first-order chi connectivity index (χ1) is 9.72. The summed E-state index contributed by atoms with van der Waals surface area (Å²) < 4.78 is 20.7. The lowest BCUT2D eigenvalue weighted by atomic mass is 10.3. The molecule has 0 aliphatic rings. The van der Waals surface area contributed by atoms with Crippen LogP contribution in [0.3, 0.4) is 0 Å². The van der Waals surface area contributed by atoms with E-state index in [1.807, 2.05) is 0 Å². The summed E-state index contributed by atoms with van der Waals surface area (Å²) in [4.78, 5) is 0. The van der Waals surface area contributed by atoms with Gasteiger partial charge in [0.15, 0.2) is 0 Å². The first-order valence-corrected chi connectivity index (χ1v) is 6.53. The van der Waals surface area contributed by atoms with Crippen LogP contribution in [0.4, 0.5) is 5.69 Å². The molecule has 1 rings (SSSR count). The van der Waals surface area contributed by atoms with Crippen LogP contribution in [0.1, 0.15) is 0 Å². The number of rotatable bonds is 11. The molecule has 6 heteroatoms. The van der Waals surface area contributed by atoms with Crippen molar-refractivity contribution in [3.63, 3.8) is 0 Å². The van der Waals surface area contributed by atoms with Crippen molar-refractivity contribution in [2.75, 3.05) is 52.5 Å². The van der Waals surface area contributed by atoms with E-state index in [-0.39, 0.29) is 13.2 Å². The highest BCUT2D eigenvalue weighted by atomic mass is 16.5. The molecule has 0 aromatic heterocycles. The van der Waals surface area contributed by atoms with Gasteiger partial charge in [0.05, 0.1) is 33.0 Å². The number of hydrogen-bond acceptors (Lipinski definition) is 6. The number of nitrogen functional groups attached to an aromatic ring is 1. The van der Waals surface area contributed by atoms with Crippen molar-refractivity contribution in [2.24, 2.45) is 0 Å². The topological polar surface area (TPSA) is 83.2 Å². The Bertz CT molecular complexity index is 344. The SMILES string of the molecule is COCCOCCOCC(O)COc1ccc(N)cc1. The summed E-state index contributed by atoms with van der Waals surface area (Å²) >= 11 is 0. The molecule has 0 spiro atoms. The molecule has 1 aromatic rings. The van der Waals surface area contributed by atoms with Crippen LogP contribution in [0.2, 0.25) is 0 Å². The highest BCUT2D eigenvalue weighted by Crippen LogP contribution is 2.13. The van der Waals surface area contributed by atoms with Crippen molar-refractivity contribution < 1.29 is 24.1 Å². The Kier molecular flexibility index (Phi) is 8.73. The fourth-order valence-corrected chi connectivity index (χ4v) is 1.39. The molecule has 0 saturated heterocycles. The van der Waals surface area contributed by atoms with Crippen LogP contribution in [0, 0.1) is 0 Å². The Morgan fingerprint density at radius 3 is 2.35 bits per heavy atom. The molecule has 1 atom stereocenters. The van der Waals surface area contributed by atoms with Gasteiger partial charge in [-0.1, -0.05) is 0 Å². The summed E-state index contributed by atoms with van der Waals surface area (Å²) in [5.41, 5.74) is 6.24. The Morgan fingerprint density at radius 2 is 1.65 bits per heavy atom. The molecule has 0 aliphatic heterocycles. The Morgan fingerprint density at radius 1 is 1.00 bits per heavy atom. The van der Waals surface area contributed by atoms with Crippen molar-refractivity contribution in [3.05, 3.63) is 24.3 Å². The first-order valence-electron chi connectivity index (χ1n) is 6.53. The van der Waals surface area contributed by atoms with E-state index >= 15 is 0 Å². The minimum absolute atomic E-state index is 0.175. The van der Waals surface area contributed by atoms with Gasteiger partial charge in [0.25, 0.3) is 0 Å². The summed E-state index contributed by atoms with van der Waals surface area (Å²) in [7, 11) is 1.62. The van der Waals surface area contributed by atoms with Crippen LogP contribution in [0.25, 0.3) is 0 Å². The Hall–Kier alpha value is -1.34. The maximum absolute atomic E-state index is 9.67. The maximum Gasteiger partial charge on any atom is 0.119 e. The molecule has 6 nitrogen and oxygen atoms in total. The van der Waals surface area contributed by atoms with Crippen molar-refractivity contribution in [2.45, 2.75) is 6.10 Å². The molecule has 0 amide bonds. The zero-order valence-electron chi connectivity index (χ0n) is 11.8. The van der Waals surface area contributed by atoms with Crippen LogP contribution >= 0.6 is 0 Å². The minimum Gasteiger partial charge on any atom is -0.491 e. The number of ether oxygens (including phenoxy) is 4. The molecule has 1 unspecified atom stereocenters. The highest BCUT2D eigenvalue weighted by molar-refractivity contribution is 5.41. The van der Waals surface area contributed by atoms with Crippen LogP contribution in [-0.2, 0) is 14.2 Å². The second kappa shape index (κ2) is 10.4. The third-order valence-electron chi connectivity index (χ3n) is 2.44. The molecule has 3 N–H and O–H groups in total. The molecule has 1 aromatic carbocycles. The van der Waals surface area contributed by atoms with E-state index in [2.05, 4.69) is 0 Å². The lowest BCUT2D eigenvalue weighted by molar-refractivity contribution is -0.0169. The number of methoxy groups -OCH3 is 1. The monoisotopic (exact) mass is 285 g/mol. The third-order valence-corrected chi connectivity index (χ3v) is 2.44. The van der Waals surface area contributed by atoms with Crippen molar-refractivity contribution in [1.29, 1.82) is 0 Å². The summed E-state index contributed by atoms with van der Waals surface area (Å²) in [6.07, 6.45) is -0.675. The van der Waals surface area contributed by atoms with Crippen LogP contribution in [0.5, 0.6) is 5.75 Å². The molecular weight excluding hydrogens is 262 g/mol. The van der Waals surface area contributed by atoms with Crippen LogP contribution < -0.4 is 10.5 Å². The number of aliphatic hydroxyl groups is 1. The molecule has 0 radical (unpaired) electrons. The summed E-state index contributed by atoms with van der Waals surface area (Å²) in [6.45, 7) is 2.41. The van der Waals surface area contributed by atoms with Gasteiger partial charge < -0.3 is 29.8 Å². The van der Waals surface area contributed by atoms with Gasteiger partial charge in [0.1, 0.15) is 18.5 Å². The fraction of sp³-hybridized carbons (Fsp3) is 0.571. The Balaban J connectivity index is 2.00. The standard InChI is InChI=1S/C14H23NO5/c1-17-6-7-18-8-9-19-10-13(16)11-20-14-4-2-12(15)3-5-14/h2-5,13,16H,6-11,15H2,1H3. The zero-order chi connectivity index (χ0) is 14.6. The average Bonchev–Trinajstić information content (AvgIpc) is 2.46. The molecule has 0 aliphatic carbocycles. The molecule has 0 fully saturated rings. The van der Waals surface area contributed by atoms with E-state index in [4.69, 9.17) is 24.7 Å². The largest absolute Gasteiger partial charge is 0.491 e. The minimum atomic E-state index is -0.675. The second-order valence-corrected chi connectivity index (χ2v) is 4.21. The van der Waals surface area contributed by atoms with Gasteiger partial charge in [-0.3, -0.25) is 0 Å². The molecular formula is C14H23NO5. The van der Waals surface area contributed by atoms with Crippen molar-refractivity contribution >= 4 is 5.69 Å². The maximum atomic E-state index is 9.67. The normalized spacial score (nSPS) is 12.3. The van der Waals surface area contributed by atoms with Crippen molar-refractivity contribution in [3.8, 4) is 5.75 Å². The summed E-state index contributed by atoms with van der Waals surface area (Å²) in [5, 5.41) is 9.67. The lowest BCUT2D eigenvalue weighted by Gasteiger charge is -2.13. The van der Waals surface area contributed by atoms with E-state index in [0.29, 0.717) is 37.9 Å². The predicted octanol–water partition coefficient (Wildman–Crippen LogP) is 0.688. The molecule has 20 heavy (non-hydrogen) atoms. The number of aliphatic hydroxyl groups excluding tert-OH is 1. The zero-order valence-corrected chi connectivity index (χ0v) is 11.8. The average molecular weight is 285 g/mol. The molecule has 114 valence electrons. The van der Waals surface area contributed by atoms with Gasteiger partial charge in [-0.2, -0.15) is 0 Å². The van der Waals surface area contributed by atoms with Gasteiger partial charge in [-0.15, -0.1) is 0 Å². The molecule has 0 heterocycles. The van der Waals surface area contributed by atoms with Gasteiger partial charge in [-0.05, 0) is 24.3 Å². The van der Waals surface area contributed by atoms with E-state index in [1.165, 1.54) is 0 Å². The van der Waals surface area contributed by atoms with Gasteiger partial charge in [0.2, 0.25) is 0 Å². The van der Waals surface area contributed by atoms with Gasteiger partial charge >= 0.3 is 0 Å². The number of nitrogens with two attached hydrogens (primary N) is 1. The van der Waals surface area contributed by atoms with Gasteiger partial charge in [-0.25, -0.2) is 0 Å². The van der Waals surface area contributed by atoms with E-state index in [1.54, 1.807) is 31.4 Å². The van der Waals surface area contributed by atoms with Crippen LogP contribution in [-0.4, -0.2) is 58.0 Å². The van der Waals surface area contributed by atoms with Gasteiger partial charge in [0, 0.05) is 12.8 Å². The smallest absolute Gasteiger partial charge is 0.119 e. The van der Waals surface area contributed by atoms with Crippen molar-refractivity contribution in [1.82, 2.24) is 0 Å². The van der Waals surface area contributed by atoms with E-state index in [0.717, 1.165) is 0 Å². The highest BCUT2D eigenvalue weighted by Gasteiger charge is 2.05. The first kappa shape index (κ1) is 16.7.